The van der Waals surface area contributed by atoms with Crippen LogP contribution >= 0.6 is 11.6 Å². The van der Waals surface area contributed by atoms with Gasteiger partial charge in [0.2, 0.25) is 0 Å². The maximum atomic E-state index is 12.5. The van der Waals surface area contributed by atoms with Gasteiger partial charge < -0.3 is 20.5 Å². The van der Waals surface area contributed by atoms with Crippen molar-refractivity contribution in [3.63, 3.8) is 0 Å². The number of ether oxygens (including phenoxy) is 1. The minimum absolute atomic E-state index is 0.0677. The molecular formula is C19H19ClN2O4. The number of rotatable bonds is 8. The molecule has 0 aliphatic carbocycles. The summed E-state index contributed by atoms with van der Waals surface area (Å²) < 4.78 is 5.37. The summed E-state index contributed by atoms with van der Waals surface area (Å²) in [5.41, 5.74) is 0.908. The average Bonchev–Trinajstić information content (AvgIpc) is 2.62. The van der Waals surface area contributed by atoms with Crippen molar-refractivity contribution in [3.05, 3.63) is 65.3 Å². The average molecular weight is 375 g/mol. The third kappa shape index (κ3) is 5.34. The zero-order chi connectivity index (χ0) is 18.9. The highest BCUT2D eigenvalue weighted by atomic mass is 35.5. The molecule has 6 nitrogen and oxygen atoms in total. The van der Waals surface area contributed by atoms with Gasteiger partial charge >= 0.3 is 0 Å². The fourth-order valence-electron chi connectivity index (χ4n) is 2.10. The van der Waals surface area contributed by atoms with Gasteiger partial charge in [0.15, 0.2) is 5.78 Å². The third-order valence-corrected chi connectivity index (χ3v) is 3.68. The van der Waals surface area contributed by atoms with Gasteiger partial charge in [-0.25, -0.2) is 0 Å². The Morgan fingerprint density at radius 3 is 2.42 bits per heavy atom. The van der Waals surface area contributed by atoms with Gasteiger partial charge in [-0.1, -0.05) is 35.9 Å². The molecule has 136 valence electrons. The molecule has 0 atom stereocenters. The molecule has 2 rings (SSSR count). The number of hydrogen-bond donors (Lipinski definition) is 3. The summed E-state index contributed by atoms with van der Waals surface area (Å²) in [5, 5.41) is 14.9. The molecule has 2 aromatic carbocycles. The predicted octanol–water partition coefficient (Wildman–Crippen LogP) is 3.23. The first-order valence-corrected chi connectivity index (χ1v) is 8.27. The Labute approximate surface area is 156 Å². The molecule has 0 heterocycles. The van der Waals surface area contributed by atoms with Crippen molar-refractivity contribution in [1.29, 1.82) is 0 Å². The molecule has 3 N–H and O–H groups in total. The van der Waals surface area contributed by atoms with Gasteiger partial charge in [-0.2, -0.15) is 0 Å². The van der Waals surface area contributed by atoms with Crippen molar-refractivity contribution in [2.75, 3.05) is 23.8 Å². The lowest BCUT2D eigenvalue weighted by Crippen LogP contribution is -2.20. The number of anilines is 2. The number of ketones is 1. The number of nitrogens with one attached hydrogen (secondary N) is 2. The minimum Gasteiger partial charge on any atom is -0.489 e. The Morgan fingerprint density at radius 1 is 1.12 bits per heavy atom. The summed E-state index contributed by atoms with van der Waals surface area (Å²) in [7, 11) is 0. The van der Waals surface area contributed by atoms with Gasteiger partial charge in [-0.15, -0.1) is 0 Å². The Kier molecular flexibility index (Phi) is 7.20. The van der Waals surface area contributed by atoms with Crippen LogP contribution in [0.1, 0.15) is 6.92 Å². The van der Waals surface area contributed by atoms with Crippen LogP contribution in [-0.2, 0) is 9.59 Å². The first kappa shape index (κ1) is 19.5. The van der Waals surface area contributed by atoms with Crippen LogP contribution in [0.3, 0.4) is 0 Å². The lowest BCUT2D eigenvalue weighted by molar-refractivity contribution is -0.118. The standard InChI is InChI=1S/C19H19ClN2O4/c1-13(24)14(12-21-16-7-3-2-6-15(16)20)19(25)22-17-8-4-5-9-18(17)26-11-10-23/h2-9,12,21,23H,10-11H2,1H3,(H,22,25)/b14-12-. The number of aliphatic hydroxyl groups is 1. The summed E-state index contributed by atoms with van der Waals surface area (Å²) in [5.74, 6) is -0.593. The monoisotopic (exact) mass is 374 g/mol. The summed E-state index contributed by atoms with van der Waals surface area (Å²) in [6, 6.07) is 13.7. The molecule has 0 radical (unpaired) electrons. The van der Waals surface area contributed by atoms with Crippen molar-refractivity contribution in [3.8, 4) is 5.75 Å². The Bertz CT molecular complexity index is 821. The van der Waals surface area contributed by atoms with E-state index in [1.165, 1.54) is 13.1 Å². The second-order valence-corrected chi connectivity index (χ2v) is 5.67. The van der Waals surface area contributed by atoms with Crippen LogP contribution < -0.4 is 15.4 Å². The lowest BCUT2D eigenvalue weighted by atomic mass is 10.1. The van der Waals surface area contributed by atoms with Crippen LogP contribution in [0.4, 0.5) is 11.4 Å². The molecule has 0 aliphatic heterocycles. The summed E-state index contributed by atoms with van der Waals surface area (Å²) in [6.45, 7) is 1.24. The lowest BCUT2D eigenvalue weighted by Gasteiger charge is -2.12. The van der Waals surface area contributed by atoms with Crippen LogP contribution in [0.15, 0.2) is 60.3 Å². The molecule has 1 amide bonds. The molecule has 0 saturated heterocycles. The molecule has 0 unspecified atom stereocenters. The maximum absolute atomic E-state index is 12.5. The van der Waals surface area contributed by atoms with E-state index in [9.17, 15) is 9.59 Å². The number of benzene rings is 2. The Hall–Kier alpha value is -2.83. The van der Waals surface area contributed by atoms with E-state index in [1.807, 2.05) is 0 Å². The number of amides is 1. The Morgan fingerprint density at radius 2 is 1.77 bits per heavy atom. The molecule has 0 bridgehead atoms. The maximum Gasteiger partial charge on any atom is 0.260 e. The number of carbonyl (C=O) groups excluding carboxylic acids is 2. The van der Waals surface area contributed by atoms with Crippen molar-refractivity contribution in [2.24, 2.45) is 0 Å². The van der Waals surface area contributed by atoms with E-state index in [0.717, 1.165) is 0 Å². The highest BCUT2D eigenvalue weighted by molar-refractivity contribution is 6.33. The first-order chi connectivity index (χ1) is 12.5. The fraction of sp³-hybridized carbons (Fsp3) is 0.158. The molecular weight excluding hydrogens is 356 g/mol. The van der Waals surface area contributed by atoms with Gasteiger partial charge in [-0.3, -0.25) is 9.59 Å². The second-order valence-electron chi connectivity index (χ2n) is 5.26. The van der Waals surface area contributed by atoms with E-state index < -0.39 is 11.7 Å². The minimum atomic E-state index is -0.586. The highest BCUT2D eigenvalue weighted by Crippen LogP contribution is 2.25. The molecule has 0 saturated carbocycles. The largest absolute Gasteiger partial charge is 0.489 e. The van der Waals surface area contributed by atoms with E-state index in [1.54, 1.807) is 48.5 Å². The molecule has 0 spiro atoms. The van der Waals surface area contributed by atoms with Crippen LogP contribution in [0.25, 0.3) is 0 Å². The molecule has 7 heteroatoms. The van der Waals surface area contributed by atoms with Crippen molar-refractivity contribution < 1.29 is 19.4 Å². The predicted molar refractivity (Wildman–Crippen MR) is 101 cm³/mol. The topological polar surface area (TPSA) is 87.7 Å². The molecule has 26 heavy (non-hydrogen) atoms. The van der Waals surface area contributed by atoms with Crippen LogP contribution in [0, 0.1) is 0 Å². The summed E-state index contributed by atoms with van der Waals surface area (Å²) in [4.78, 5) is 24.4. The normalized spacial score (nSPS) is 11.0. The number of halogens is 1. The van der Waals surface area contributed by atoms with E-state index >= 15 is 0 Å². The SMILES string of the molecule is CC(=O)/C(=C/Nc1ccccc1Cl)C(=O)Nc1ccccc1OCCO. The highest BCUT2D eigenvalue weighted by Gasteiger charge is 2.16. The molecule has 0 aliphatic rings. The van der Waals surface area contributed by atoms with Crippen molar-refractivity contribution >= 4 is 34.7 Å². The van der Waals surface area contributed by atoms with E-state index in [0.29, 0.717) is 22.1 Å². The van der Waals surface area contributed by atoms with Gasteiger partial charge in [0.25, 0.3) is 5.91 Å². The zero-order valence-corrected chi connectivity index (χ0v) is 14.9. The first-order valence-electron chi connectivity index (χ1n) is 7.89. The van der Waals surface area contributed by atoms with Crippen molar-refractivity contribution in [1.82, 2.24) is 0 Å². The quantitative estimate of drug-likeness (QED) is 0.375. The fourth-order valence-corrected chi connectivity index (χ4v) is 2.29. The number of para-hydroxylation sites is 3. The second kappa shape index (κ2) is 9.60. The summed E-state index contributed by atoms with van der Waals surface area (Å²) in [6.07, 6.45) is 1.32. The van der Waals surface area contributed by atoms with Gasteiger partial charge in [-0.05, 0) is 31.2 Å². The van der Waals surface area contributed by atoms with Crippen LogP contribution in [-0.4, -0.2) is 30.0 Å². The van der Waals surface area contributed by atoms with Gasteiger partial charge in [0.1, 0.15) is 12.4 Å². The smallest absolute Gasteiger partial charge is 0.260 e. The molecule has 0 fully saturated rings. The Balaban J connectivity index is 2.18. The van der Waals surface area contributed by atoms with Gasteiger partial charge in [0.05, 0.1) is 28.6 Å². The van der Waals surface area contributed by atoms with Crippen LogP contribution in [0.2, 0.25) is 5.02 Å². The van der Waals surface area contributed by atoms with E-state index in [4.69, 9.17) is 21.4 Å². The van der Waals surface area contributed by atoms with Crippen LogP contribution in [0.5, 0.6) is 5.75 Å². The summed E-state index contributed by atoms with van der Waals surface area (Å²) >= 11 is 6.05. The number of carbonyl (C=O) groups is 2. The van der Waals surface area contributed by atoms with E-state index in [-0.39, 0.29) is 18.8 Å². The third-order valence-electron chi connectivity index (χ3n) is 3.35. The number of aliphatic hydroxyl groups excluding tert-OH is 1. The molecule has 0 aromatic heterocycles. The van der Waals surface area contributed by atoms with Gasteiger partial charge in [0, 0.05) is 6.20 Å². The van der Waals surface area contributed by atoms with E-state index in [2.05, 4.69) is 10.6 Å². The molecule has 2 aromatic rings. The number of Topliss-reactive ketones (excluding diaryl/α,β-unsaturated/α-hetero) is 1. The zero-order valence-electron chi connectivity index (χ0n) is 14.2. The number of hydrogen-bond acceptors (Lipinski definition) is 5. The van der Waals surface area contributed by atoms with Crippen molar-refractivity contribution in [2.45, 2.75) is 6.92 Å².